The van der Waals surface area contributed by atoms with Crippen LogP contribution in [-0.4, -0.2) is 49.7 Å². The van der Waals surface area contributed by atoms with E-state index in [1.165, 1.54) is 27.4 Å². The lowest BCUT2D eigenvalue weighted by Gasteiger charge is -2.34. The second-order valence-corrected chi connectivity index (χ2v) is 8.36. The second kappa shape index (κ2) is 7.83. The maximum atomic E-state index is 13.4. The Labute approximate surface area is 165 Å². The molecule has 146 valence electrons. The van der Waals surface area contributed by atoms with E-state index in [4.69, 9.17) is 16.9 Å². The predicted molar refractivity (Wildman–Crippen MR) is 97.2 cm³/mol. The van der Waals surface area contributed by atoms with Crippen molar-refractivity contribution in [2.45, 2.75) is 4.90 Å². The van der Waals surface area contributed by atoms with Gasteiger partial charge in [-0.15, -0.1) is 0 Å². The zero-order chi connectivity index (χ0) is 20.5. The molecule has 0 atom stereocenters. The molecule has 1 heterocycles. The molecule has 6 nitrogen and oxygen atoms in total. The summed E-state index contributed by atoms with van der Waals surface area (Å²) in [5, 5.41) is 8.91. The minimum atomic E-state index is -3.90. The van der Waals surface area contributed by atoms with Crippen molar-refractivity contribution in [3.05, 3.63) is 64.2 Å². The second-order valence-electron chi connectivity index (χ2n) is 6.05. The van der Waals surface area contributed by atoms with Gasteiger partial charge in [0.1, 0.15) is 6.07 Å². The lowest BCUT2D eigenvalue weighted by Crippen LogP contribution is -2.50. The van der Waals surface area contributed by atoms with E-state index in [-0.39, 0.29) is 47.2 Å². The molecule has 1 aliphatic rings. The molecule has 1 fully saturated rings. The number of carbonyl (C=O) groups is 1. The summed E-state index contributed by atoms with van der Waals surface area (Å²) in [5.74, 6) is -2.96. The maximum absolute atomic E-state index is 13.4. The highest BCUT2D eigenvalue weighted by Crippen LogP contribution is 2.24. The molecule has 0 radical (unpaired) electrons. The number of sulfonamides is 1. The van der Waals surface area contributed by atoms with Gasteiger partial charge in [0.2, 0.25) is 10.0 Å². The van der Waals surface area contributed by atoms with Gasteiger partial charge in [-0.2, -0.15) is 9.57 Å². The molecule has 2 aromatic rings. The smallest absolute Gasteiger partial charge is 0.255 e. The van der Waals surface area contributed by atoms with Crippen molar-refractivity contribution in [1.29, 1.82) is 5.26 Å². The maximum Gasteiger partial charge on any atom is 0.255 e. The molecule has 0 spiro atoms. The van der Waals surface area contributed by atoms with E-state index in [0.717, 1.165) is 12.1 Å². The van der Waals surface area contributed by atoms with Crippen LogP contribution in [0.15, 0.2) is 41.3 Å². The zero-order valence-electron chi connectivity index (χ0n) is 14.4. The van der Waals surface area contributed by atoms with Gasteiger partial charge >= 0.3 is 0 Å². The normalized spacial score (nSPS) is 15.3. The summed E-state index contributed by atoms with van der Waals surface area (Å²) in [6, 6.07) is 9.17. The number of rotatable bonds is 3. The van der Waals surface area contributed by atoms with E-state index in [9.17, 15) is 22.0 Å². The van der Waals surface area contributed by atoms with E-state index in [0.29, 0.717) is 0 Å². The summed E-state index contributed by atoms with van der Waals surface area (Å²) in [5.41, 5.74) is -0.152. The van der Waals surface area contributed by atoms with Crippen molar-refractivity contribution in [2.24, 2.45) is 0 Å². The van der Waals surface area contributed by atoms with Crippen LogP contribution in [0.2, 0.25) is 5.02 Å². The van der Waals surface area contributed by atoms with Crippen LogP contribution in [0.5, 0.6) is 0 Å². The van der Waals surface area contributed by atoms with Crippen LogP contribution in [0.25, 0.3) is 0 Å². The van der Waals surface area contributed by atoms with Crippen molar-refractivity contribution < 1.29 is 22.0 Å². The van der Waals surface area contributed by atoms with Crippen molar-refractivity contribution >= 4 is 27.5 Å². The number of hydrogen-bond donors (Lipinski definition) is 0. The number of halogens is 3. The summed E-state index contributed by atoms with van der Waals surface area (Å²) in [6.07, 6.45) is 0. The number of amides is 1. The van der Waals surface area contributed by atoms with E-state index in [2.05, 4.69) is 0 Å². The Morgan fingerprint density at radius 1 is 1.07 bits per heavy atom. The molecule has 1 amide bonds. The van der Waals surface area contributed by atoms with Gasteiger partial charge in [-0.05, 0) is 24.3 Å². The molecule has 2 aromatic carbocycles. The fraction of sp³-hybridized carbons (Fsp3) is 0.222. The Kier molecular flexibility index (Phi) is 5.65. The van der Waals surface area contributed by atoms with Crippen LogP contribution in [0.4, 0.5) is 8.78 Å². The number of nitriles is 1. The molecule has 1 saturated heterocycles. The van der Waals surface area contributed by atoms with E-state index in [1.807, 2.05) is 6.07 Å². The average molecular weight is 426 g/mol. The van der Waals surface area contributed by atoms with Gasteiger partial charge in [-0.3, -0.25) is 4.79 Å². The van der Waals surface area contributed by atoms with Crippen LogP contribution in [0.1, 0.15) is 15.9 Å². The summed E-state index contributed by atoms with van der Waals surface area (Å²) >= 11 is 5.84. The third-order valence-electron chi connectivity index (χ3n) is 4.39. The van der Waals surface area contributed by atoms with Gasteiger partial charge in [-0.25, -0.2) is 17.2 Å². The van der Waals surface area contributed by atoms with Crippen LogP contribution in [-0.2, 0) is 10.0 Å². The van der Waals surface area contributed by atoms with Crippen molar-refractivity contribution in [1.82, 2.24) is 9.21 Å². The Morgan fingerprint density at radius 2 is 1.68 bits per heavy atom. The molecule has 28 heavy (non-hydrogen) atoms. The van der Waals surface area contributed by atoms with Crippen molar-refractivity contribution in [3.63, 3.8) is 0 Å². The Hall–Kier alpha value is -2.54. The summed E-state index contributed by atoms with van der Waals surface area (Å²) in [7, 11) is -3.90. The van der Waals surface area contributed by atoms with Gasteiger partial charge in [0.15, 0.2) is 11.6 Å². The first-order chi connectivity index (χ1) is 13.3. The van der Waals surface area contributed by atoms with E-state index >= 15 is 0 Å². The van der Waals surface area contributed by atoms with Crippen LogP contribution >= 0.6 is 11.6 Å². The topological polar surface area (TPSA) is 81.5 Å². The largest absolute Gasteiger partial charge is 0.336 e. The molecule has 3 rings (SSSR count). The van der Waals surface area contributed by atoms with Gasteiger partial charge < -0.3 is 4.90 Å². The van der Waals surface area contributed by atoms with Crippen LogP contribution in [0, 0.1) is 23.0 Å². The molecule has 0 aromatic heterocycles. The molecule has 10 heteroatoms. The lowest BCUT2D eigenvalue weighted by molar-refractivity contribution is 0.0697. The first kappa shape index (κ1) is 20.2. The summed E-state index contributed by atoms with van der Waals surface area (Å²) in [4.78, 5) is 13.8. The first-order valence-corrected chi connectivity index (χ1v) is 10.0. The highest BCUT2D eigenvalue weighted by atomic mass is 35.5. The number of hydrogen-bond acceptors (Lipinski definition) is 4. The third-order valence-corrected chi connectivity index (χ3v) is 6.66. The number of nitrogens with zero attached hydrogens (tertiary/aromatic N) is 3. The number of benzene rings is 2. The standard InChI is InChI=1S/C18H14ClF2N3O3S/c19-14-10-16(21)15(20)9-13(14)18(25)23-5-7-24(8-6-23)28(26,27)17-4-2-1-3-12(17)11-22/h1-4,9-10H,5-8H2. The Balaban J connectivity index is 1.77. The highest BCUT2D eigenvalue weighted by Gasteiger charge is 2.32. The van der Waals surface area contributed by atoms with E-state index < -0.39 is 27.6 Å². The molecular weight excluding hydrogens is 412 g/mol. The van der Waals surface area contributed by atoms with Gasteiger partial charge in [0.05, 0.1) is 21.0 Å². The Bertz CT molecular complexity index is 1080. The Morgan fingerprint density at radius 3 is 2.32 bits per heavy atom. The van der Waals surface area contributed by atoms with Crippen LogP contribution in [0.3, 0.4) is 0 Å². The highest BCUT2D eigenvalue weighted by molar-refractivity contribution is 7.89. The molecule has 0 N–H and O–H groups in total. The SMILES string of the molecule is N#Cc1ccccc1S(=O)(=O)N1CCN(C(=O)c2cc(F)c(F)cc2Cl)CC1. The molecular formula is C18H14ClF2N3O3S. The predicted octanol–water partition coefficient (Wildman–Crippen LogP) is 2.64. The van der Waals surface area contributed by atoms with Crippen LogP contribution < -0.4 is 0 Å². The fourth-order valence-electron chi connectivity index (χ4n) is 2.91. The van der Waals surface area contributed by atoms with Crippen molar-refractivity contribution in [3.8, 4) is 6.07 Å². The van der Waals surface area contributed by atoms with Gasteiger partial charge in [-0.1, -0.05) is 23.7 Å². The summed E-state index contributed by atoms with van der Waals surface area (Å²) in [6.45, 7) is 0.0779. The summed E-state index contributed by atoms with van der Waals surface area (Å²) < 4.78 is 53.4. The molecule has 0 saturated carbocycles. The first-order valence-electron chi connectivity index (χ1n) is 8.19. The number of piperazine rings is 1. The fourth-order valence-corrected chi connectivity index (χ4v) is 4.71. The lowest BCUT2D eigenvalue weighted by atomic mass is 10.1. The minimum absolute atomic E-state index is 0.00483. The molecule has 0 unspecified atom stereocenters. The van der Waals surface area contributed by atoms with Gasteiger partial charge in [0.25, 0.3) is 5.91 Å². The third kappa shape index (κ3) is 3.71. The van der Waals surface area contributed by atoms with Crippen molar-refractivity contribution in [2.75, 3.05) is 26.2 Å². The van der Waals surface area contributed by atoms with Gasteiger partial charge in [0, 0.05) is 26.2 Å². The molecule has 0 aliphatic carbocycles. The molecule has 1 aliphatic heterocycles. The number of carbonyl (C=O) groups excluding carboxylic acids is 1. The zero-order valence-corrected chi connectivity index (χ0v) is 16.0. The van der Waals surface area contributed by atoms with E-state index in [1.54, 1.807) is 6.07 Å². The quantitative estimate of drug-likeness (QED) is 0.708. The minimum Gasteiger partial charge on any atom is -0.336 e. The molecule has 0 bridgehead atoms. The monoisotopic (exact) mass is 425 g/mol. The average Bonchev–Trinajstić information content (AvgIpc) is 2.70.